The van der Waals surface area contributed by atoms with E-state index in [1.807, 2.05) is 0 Å². The van der Waals surface area contributed by atoms with Crippen LogP contribution in [0.1, 0.15) is 11.1 Å². The third kappa shape index (κ3) is 8.65. The van der Waals surface area contributed by atoms with Gasteiger partial charge in [0, 0.05) is 0 Å². The van der Waals surface area contributed by atoms with Gasteiger partial charge in [-0.25, -0.2) is 0 Å². The summed E-state index contributed by atoms with van der Waals surface area (Å²) in [5, 5.41) is 0. The van der Waals surface area contributed by atoms with Crippen LogP contribution in [0.15, 0.2) is 48.5 Å². The Balaban J connectivity index is 0. The van der Waals surface area contributed by atoms with Crippen LogP contribution in [-0.2, 0) is 12.4 Å². The van der Waals surface area contributed by atoms with E-state index in [1.165, 1.54) is 36.4 Å². The SMILES string of the molecule is Br.FC(F)(F)c1[c-]cccc1.FC(F)(F)c1[c-]cccc1.[Mg+2]. The van der Waals surface area contributed by atoms with Crippen molar-refractivity contribution in [3.8, 4) is 0 Å². The molecule has 0 aliphatic heterocycles. The van der Waals surface area contributed by atoms with Crippen LogP contribution < -0.4 is 0 Å². The third-order valence-corrected chi connectivity index (χ3v) is 2.03. The Labute approximate surface area is 150 Å². The predicted molar refractivity (Wildman–Crippen MR) is 76.6 cm³/mol. The van der Waals surface area contributed by atoms with Crippen LogP contribution in [-0.4, -0.2) is 23.1 Å². The van der Waals surface area contributed by atoms with Crippen LogP contribution in [0.4, 0.5) is 26.3 Å². The van der Waals surface area contributed by atoms with Gasteiger partial charge in [0.25, 0.3) is 0 Å². The molecule has 0 radical (unpaired) electrons. The smallest absolute Gasteiger partial charge is 0.176 e. The van der Waals surface area contributed by atoms with Gasteiger partial charge in [-0.05, 0) is 0 Å². The van der Waals surface area contributed by atoms with Crippen LogP contribution in [0.2, 0.25) is 0 Å². The molecule has 0 aliphatic carbocycles. The number of halogens is 7. The standard InChI is InChI=1S/2C7H4F3.BrH.Mg/c2*8-7(9,10)6-4-2-1-3-5-6;;/h2*1-4H;1H;/q2*-1;;+2. The quantitative estimate of drug-likeness (QED) is 0.326. The monoisotopic (exact) mass is 394 g/mol. The van der Waals surface area contributed by atoms with Crippen molar-refractivity contribution in [2.45, 2.75) is 12.4 Å². The molecule has 0 aliphatic rings. The summed E-state index contributed by atoms with van der Waals surface area (Å²) in [4.78, 5) is 0. The minimum Gasteiger partial charge on any atom is -0.176 e. The Morgan fingerprint density at radius 2 is 0.955 bits per heavy atom. The molecule has 8 heteroatoms. The van der Waals surface area contributed by atoms with Crippen molar-refractivity contribution in [3.63, 3.8) is 0 Å². The van der Waals surface area contributed by atoms with E-state index in [-0.39, 0.29) is 40.0 Å². The first-order chi connectivity index (χ1) is 9.21. The minimum atomic E-state index is -4.26. The molecule has 0 unspecified atom stereocenters. The minimum absolute atomic E-state index is 0. The summed E-state index contributed by atoms with van der Waals surface area (Å²) in [6, 6.07) is 14.3. The maximum absolute atomic E-state index is 11.8. The van der Waals surface area contributed by atoms with Crippen molar-refractivity contribution in [1.82, 2.24) is 0 Å². The average molecular weight is 395 g/mol. The molecule has 0 heterocycles. The Morgan fingerprint density at radius 1 is 0.636 bits per heavy atom. The van der Waals surface area contributed by atoms with Crippen LogP contribution in [0, 0.1) is 12.1 Å². The van der Waals surface area contributed by atoms with E-state index in [1.54, 1.807) is 0 Å². The molecule has 2 rings (SSSR count). The molecule has 2 aromatic rings. The molecule has 0 nitrogen and oxygen atoms in total. The molecule has 0 N–H and O–H groups in total. The normalized spacial score (nSPS) is 10.5. The summed E-state index contributed by atoms with van der Waals surface area (Å²) in [5.74, 6) is 0. The molecule has 0 spiro atoms. The maximum atomic E-state index is 11.8. The first-order valence-corrected chi connectivity index (χ1v) is 5.29. The van der Waals surface area contributed by atoms with Crippen LogP contribution in [0.25, 0.3) is 0 Å². The van der Waals surface area contributed by atoms with Gasteiger partial charge in [-0.2, -0.15) is 87.0 Å². The zero-order valence-corrected chi connectivity index (χ0v) is 14.1. The Morgan fingerprint density at radius 3 is 1.09 bits per heavy atom. The molecular weight excluding hydrogens is 386 g/mol. The number of hydrogen-bond acceptors (Lipinski definition) is 0. The fourth-order valence-electron chi connectivity index (χ4n) is 1.14. The number of hydrogen-bond donors (Lipinski definition) is 0. The maximum Gasteiger partial charge on any atom is 2.00 e. The van der Waals surface area contributed by atoms with E-state index in [9.17, 15) is 26.3 Å². The van der Waals surface area contributed by atoms with E-state index >= 15 is 0 Å². The zero-order chi connectivity index (χ0) is 15.2. The number of benzene rings is 2. The molecule has 0 amide bonds. The number of alkyl halides is 6. The predicted octanol–water partition coefficient (Wildman–Crippen LogP) is 5.21. The fourth-order valence-corrected chi connectivity index (χ4v) is 1.14. The Kier molecular flexibility index (Phi) is 10.8. The zero-order valence-electron chi connectivity index (χ0n) is 11.0. The molecule has 116 valence electrons. The molecule has 0 saturated heterocycles. The van der Waals surface area contributed by atoms with Gasteiger partial charge in [0.15, 0.2) is 0 Å². The van der Waals surface area contributed by atoms with Crippen molar-refractivity contribution in [3.05, 3.63) is 71.8 Å². The first kappa shape index (κ1) is 23.5. The molecule has 0 fully saturated rings. The second kappa shape index (κ2) is 10.1. The second-order valence-electron chi connectivity index (χ2n) is 3.55. The van der Waals surface area contributed by atoms with Gasteiger partial charge < -0.3 is 0 Å². The molecule has 22 heavy (non-hydrogen) atoms. The number of rotatable bonds is 0. The van der Waals surface area contributed by atoms with E-state index in [2.05, 4.69) is 12.1 Å². The van der Waals surface area contributed by atoms with Crippen LogP contribution in [0.3, 0.4) is 0 Å². The molecular formula is C14H9BrF6Mg. The summed E-state index contributed by atoms with van der Waals surface area (Å²) >= 11 is 0. The van der Waals surface area contributed by atoms with Crippen molar-refractivity contribution in [1.29, 1.82) is 0 Å². The van der Waals surface area contributed by atoms with E-state index < -0.39 is 23.5 Å². The van der Waals surface area contributed by atoms with Gasteiger partial charge in [0.2, 0.25) is 0 Å². The largest absolute Gasteiger partial charge is 2.00 e. The summed E-state index contributed by atoms with van der Waals surface area (Å²) in [5.41, 5.74) is -1.45. The van der Waals surface area contributed by atoms with Gasteiger partial charge >= 0.3 is 35.4 Å². The summed E-state index contributed by atoms with van der Waals surface area (Å²) in [6.45, 7) is 0. The van der Waals surface area contributed by atoms with Crippen molar-refractivity contribution in [2.75, 3.05) is 0 Å². The molecule has 0 bridgehead atoms. The van der Waals surface area contributed by atoms with Crippen LogP contribution in [0.5, 0.6) is 0 Å². The van der Waals surface area contributed by atoms with Crippen LogP contribution >= 0.6 is 17.0 Å². The fraction of sp³-hybridized carbons (Fsp3) is 0.143. The summed E-state index contributed by atoms with van der Waals surface area (Å²) in [6.07, 6.45) is -8.53. The third-order valence-electron chi connectivity index (χ3n) is 2.03. The average Bonchev–Trinajstić information content (AvgIpc) is 2.40. The Hall–Kier alpha value is -0.734. The summed E-state index contributed by atoms with van der Waals surface area (Å²) < 4.78 is 70.5. The molecule has 2 aromatic carbocycles. The first-order valence-electron chi connectivity index (χ1n) is 5.29. The summed E-state index contributed by atoms with van der Waals surface area (Å²) in [7, 11) is 0. The molecule has 0 atom stereocenters. The Bertz CT molecular complexity index is 461. The van der Waals surface area contributed by atoms with Gasteiger partial charge in [0.1, 0.15) is 0 Å². The van der Waals surface area contributed by atoms with E-state index in [4.69, 9.17) is 0 Å². The molecule has 0 saturated carbocycles. The van der Waals surface area contributed by atoms with Gasteiger partial charge in [-0.1, -0.05) is 11.1 Å². The van der Waals surface area contributed by atoms with E-state index in [0.29, 0.717) is 0 Å². The van der Waals surface area contributed by atoms with Crippen molar-refractivity contribution >= 4 is 40.0 Å². The second-order valence-corrected chi connectivity index (χ2v) is 3.55. The topological polar surface area (TPSA) is 0 Å². The van der Waals surface area contributed by atoms with Crippen molar-refractivity contribution < 1.29 is 26.3 Å². The van der Waals surface area contributed by atoms with Gasteiger partial charge in [-0.3, -0.25) is 0 Å². The van der Waals surface area contributed by atoms with Gasteiger partial charge in [0.05, 0.1) is 0 Å². The van der Waals surface area contributed by atoms with Crippen molar-refractivity contribution in [2.24, 2.45) is 0 Å². The van der Waals surface area contributed by atoms with Gasteiger partial charge in [-0.15, -0.1) is 17.0 Å². The van der Waals surface area contributed by atoms with E-state index in [0.717, 1.165) is 12.1 Å². The molecule has 0 aromatic heterocycles.